The van der Waals surface area contributed by atoms with Gasteiger partial charge in [0.2, 0.25) is 0 Å². The van der Waals surface area contributed by atoms with Gasteiger partial charge in [0.25, 0.3) is 0 Å². The van der Waals surface area contributed by atoms with Gasteiger partial charge < -0.3 is 20.1 Å². The number of hydrogen-bond donors (Lipinski definition) is 2. The van der Waals surface area contributed by atoms with Crippen molar-refractivity contribution in [1.82, 2.24) is 5.32 Å². The quantitative estimate of drug-likeness (QED) is 0.509. The van der Waals surface area contributed by atoms with Gasteiger partial charge in [0.15, 0.2) is 16.6 Å². The molecule has 0 unspecified atom stereocenters. The molecule has 4 nitrogen and oxygen atoms in total. The molecule has 0 aliphatic rings. The summed E-state index contributed by atoms with van der Waals surface area (Å²) in [5, 5.41) is 6.85. The van der Waals surface area contributed by atoms with E-state index in [-0.39, 0.29) is 0 Å². The Balaban J connectivity index is 0. The van der Waals surface area contributed by atoms with Gasteiger partial charge >= 0.3 is 0 Å². The zero-order chi connectivity index (χ0) is 19.7. The summed E-state index contributed by atoms with van der Waals surface area (Å²) >= 11 is 5.28. The zero-order valence-electron chi connectivity index (χ0n) is 16.9. The first-order valence-electron chi connectivity index (χ1n) is 8.69. The maximum atomic E-state index is 5.28. The van der Waals surface area contributed by atoms with Gasteiger partial charge in [-0.2, -0.15) is 0 Å². The van der Waals surface area contributed by atoms with Gasteiger partial charge in [-0.1, -0.05) is 45.9 Å². The molecule has 0 aliphatic heterocycles. The van der Waals surface area contributed by atoms with Gasteiger partial charge in [0, 0.05) is 18.3 Å². The number of rotatable bonds is 6. The topological polar surface area (TPSA) is 42.5 Å². The molecule has 0 saturated carbocycles. The Kier molecular flexibility index (Phi) is 17.0. The van der Waals surface area contributed by atoms with Crippen LogP contribution in [0.4, 0.5) is 5.69 Å². The third-order valence-corrected chi connectivity index (χ3v) is 3.09. The second-order valence-electron chi connectivity index (χ2n) is 4.24. The van der Waals surface area contributed by atoms with Crippen LogP contribution in [0.5, 0.6) is 11.5 Å². The van der Waals surface area contributed by atoms with Crippen LogP contribution in [0.25, 0.3) is 0 Å². The van der Waals surface area contributed by atoms with Crippen LogP contribution in [-0.2, 0) is 0 Å². The van der Waals surface area contributed by atoms with Gasteiger partial charge in [-0.05, 0) is 43.8 Å². The van der Waals surface area contributed by atoms with Crippen molar-refractivity contribution >= 4 is 23.0 Å². The standard InChI is InChI=1S/C16H22N2O2S.2C2H6/c1-5-7-12(6-2)11-17-16(21)18-13-8-9-14(19-3)15(10-13)20-4;2*1-2/h5-10H,11H2,1-4H3,(H2,17,18,21);2*1-2H3/b7-5-,12-6+;;. The minimum Gasteiger partial charge on any atom is -0.493 e. The number of benzene rings is 1. The fraction of sp³-hybridized carbons (Fsp3) is 0.450. The summed E-state index contributed by atoms with van der Waals surface area (Å²) < 4.78 is 10.5. The smallest absolute Gasteiger partial charge is 0.171 e. The number of hydrogen-bond acceptors (Lipinski definition) is 3. The summed E-state index contributed by atoms with van der Waals surface area (Å²) in [7, 11) is 3.21. The van der Waals surface area contributed by atoms with Crippen molar-refractivity contribution in [2.45, 2.75) is 41.5 Å². The first-order chi connectivity index (χ1) is 12.1. The van der Waals surface area contributed by atoms with E-state index in [0.29, 0.717) is 23.2 Å². The minimum atomic E-state index is 0.561. The molecule has 0 saturated heterocycles. The van der Waals surface area contributed by atoms with Gasteiger partial charge in [-0.3, -0.25) is 0 Å². The van der Waals surface area contributed by atoms with Crippen molar-refractivity contribution in [3.63, 3.8) is 0 Å². The molecular formula is C20H34N2O2S. The number of allylic oxidation sites excluding steroid dienone is 2. The van der Waals surface area contributed by atoms with Crippen molar-refractivity contribution in [3.05, 3.63) is 42.0 Å². The van der Waals surface area contributed by atoms with E-state index in [1.165, 1.54) is 5.57 Å². The summed E-state index contributed by atoms with van der Waals surface area (Å²) in [6, 6.07) is 5.56. The lowest BCUT2D eigenvalue weighted by molar-refractivity contribution is 0.355. The van der Waals surface area contributed by atoms with Crippen LogP contribution in [0, 0.1) is 0 Å². The molecule has 5 heteroatoms. The van der Waals surface area contributed by atoms with E-state index in [1.807, 2.05) is 78.0 Å². The van der Waals surface area contributed by atoms with Crippen LogP contribution >= 0.6 is 12.2 Å². The molecule has 0 spiro atoms. The second kappa shape index (κ2) is 16.8. The van der Waals surface area contributed by atoms with Gasteiger partial charge in [-0.15, -0.1) is 0 Å². The highest BCUT2D eigenvalue weighted by molar-refractivity contribution is 7.80. The van der Waals surface area contributed by atoms with Crippen molar-refractivity contribution in [2.75, 3.05) is 26.1 Å². The molecule has 0 aromatic heterocycles. The summed E-state index contributed by atoms with van der Waals surface area (Å²) in [4.78, 5) is 0. The Morgan fingerprint density at radius 2 is 1.64 bits per heavy atom. The summed E-state index contributed by atoms with van der Waals surface area (Å²) in [5.41, 5.74) is 2.02. The molecule has 1 aromatic rings. The lowest BCUT2D eigenvalue weighted by Gasteiger charge is -2.13. The molecule has 142 valence electrons. The average molecular weight is 367 g/mol. The zero-order valence-corrected chi connectivity index (χ0v) is 17.7. The van der Waals surface area contributed by atoms with Gasteiger partial charge in [-0.25, -0.2) is 0 Å². The highest BCUT2D eigenvalue weighted by Crippen LogP contribution is 2.29. The second-order valence-corrected chi connectivity index (χ2v) is 4.65. The van der Waals surface area contributed by atoms with E-state index < -0.39 is 0 Å². The summed E-state index contributed by atoms with van der Waals surface area (Å²) in [6.45, 7) is 12.7. The normalized spacial score (nSPS) is 10.0. The fourth-order valence-corrected chi connectivity index (χ4v) is 1.93. The monoisotopic (exact) mass is 366 g/mol. The number of anilines is 1. The number of methoxy groups -OCH3 is 2. The maximum Gasteiger partial charge on any atom is 0.171 e. The van der Waals surface area contributed by atoms with Crippen molar-refractivity contribution in [3.8, 4) is 11.5 Å². The van der Waals surface area contributed by atoms with Gasteiger partial charge in [0.05, 0.1) is 14.2 Å². The van der Waals surface area contributed by atoms with E-state index in [0.717, 1.165) is 5.69 Å². The van der Waals surface area contributed by atoms with E-state index in [1.54, 1.807) is 14.2 Å². The highest BCUT2D eigenvalue weighted by Gasteiger charge is 2.05. The predicted molar refractivity (Wildman–Crippen MR) is 115 cm³/mol. The lowest BCUT2D eigenvalue weighted by atomic mass is 10.2. The summed E-state index contributed by atoms with van der Waals surface area (Å²) in [5.74, 6) is 1.35. The maximum absolute atomic E-state index is 5.28. The molecule has 25 heavy (non-hydrogen) atoms. The number of thiocarbonyl (C=S) groups is 1. The molecule has 0 heterocycles. The average Bonchev–Trinajstić information content (AvgIpc) is 2.68. The molecule has 1 rings (SSSR count). The van der Waals surface area contributed by atoms with Crippen LogP contribution < -0.4 is 20.1 Å². The fourth-order valence-electron chi connectivity index (χ4n) is 1.74. The highest BCUT2D eigenvalue weighted by atomic mass is 32.1. The van der Waals surface area contributed by atoms with E-state index in [9.17, 15) is 0 Å². The third kappa shape index (κ3) is 10.5. The van der Waals surface area contributed by atoms with E-state index in [4.69, 9.17) is 21.7 Å². The van der Waals surface area contributed by atoms with Crippen LogP contribution in [0.2, 0.25) is 0 Å². The number of nitrogens with one attached hydrogen (secondary N) is 2. The lowest BCUT2D eigenvalue weighted by Crippen LogP contribution is -2.29. The molecule has 0 aliphatic carbocycles. The Morgan fingerprint density at radius 3 is 2.12 bits per heavy atom. The largest absolute Gasteiger partial charge is 0.493 e. The molecule has 0 atom stereocenters. The third-order valence-electron chi connectivity index (χ3n) is 2.85. The first kappa shape index (κ1) is 25.2. The minimum absolute atomic E-state index is 0.561. The molecule has 0 bridgehead atoms. The molecule has 0 amide bonds. The Bertz CT molecular complexity index is 540. The molecule has 2 N–H and O–H groups in total. The van der Waals surface area contributed by atoms with E-state index in [2.05, 4.69) is 10.6 Å². The van der Waals surface area contributed by atoms with E-state index >= 15 is 0 Å². The first-order valence-corrected chi connectivity index (χ1v) is 9.10. The van der Waals surface area contributed by atoms with Crippen molar-refractivity contribution < 1.29 is 9.47 Å². The van der Waals surface area contributed by atoms with Gasteiger partial charge in [0.1, 0.15) is 0 Å². The van der Waals surface area contributed by atoms with Crippen molar-refractivity contribution in [2.24, 2.45) is 0 Å². The summed E-state index contributed by atoms with van der Waals surface area (Å²) in [6.07, 6.45) is 6.10. The van der Waals surface area contributed by atoms with Crippen LogP contribution in [0.15, 0.2) is 42.0 Å². The Morgan fingerprint density at radius 1 is 1.04 bits per heavy atom. The molecule has 0 radical (unpaired) electrons. The molecule has 0 fully saturated rings. The Hall–Kier alpha value is -2.01. The van der Waals surface area contributed by atoms with Crippen LogP contribution in [-0.4, -0.2) is 25.9 Å². The van der Waals surface area contributed by atoms with Crippen molar-refractivity contribution in [1.29, 1.82) is 0 Å². The predicted octanol–water partition coefficient (Wildman–Crippen LogP) is 5.57. The number of ether oxygens (including phenoxy) is 2. The van der Waals surface area contributed by atoms with Crippen LogP contribution in [0.1, 0.15) is 41.5 Å². The van der Waals surface area contributed by atoms with Crippen LogP contribution in [0.3, 0.4) is 0 Å². The molecule has 1 aromatic carbocycles. The molecular weight excluding hydrogens is 332 g/mol. The Labute approximate surface area is 159 Å². The SMILES string of the molecule is C/C=C\C(=C/C)CNC(=S)Nc1ccc(OC)c(OC)c1.CC.CC.